The fraction of sp³-hybridized carbons (Fsp3) is 0.385. The number of hydrogen-bond acceptors (Lipinski definition) is 5. The summed E-state index contributed by atoms with van der Waals surface area (Å²) in [5.41, 5.74) is 4.41. The van der Waals surface area contributed by atoms with Gasteiger partial charge in [-0.05, 0) is 41.0 Å². The number of nitrogens with one attached hydrogen (secondary N) is 3. The van der Waals surface area contributed by atoms with Gasteiger partial charge in [-0.15, -0.1) is 0 Å². The number of carboxylic acid groups (broad SMARTS) is 1. The molecule has 0 saturated heterocycles. The zero-order valence-electron chi connectivity index (χ0n) is 19.9. The number of benzene rings is 2. The molecule has 2 aromatic rings. The Balaban J connectivity index is 1.59. The van der Waals surface area contributed by atoms with Gasteiger partial charge in [-0.1, -0.05) is 62.4 Å². The summed E-state index contributed by atoms with van der Waals surface area (Å²) in [6.07, 6.45) is 0.323. The molecule has 0 radical (unpaired) electrons. The monoisotopic (exact) mass is 481 g/mol. The number of alkyl carbamates (subject to hydrolysis) is 1. The van der Waals surface area contributed by atoms with Gasteiger partial charge >= 0.3 is 12.1 Å². The molecule has 1 atom stereocenters. The van der Waals surface area contributed by atoms with E-state index in [4.69, 9.17) is 9.84 Å². The highest BCUT2D eigenvalue weighted by Crippen LogP contribution is 2.44. The molecule has 0 aliphatic heterocycles. The van der Waals surface area contributed by atoms with Gasteiger partial charge in [0, 0.05) is 5.92 Å². The maximum atomic E-state index is 12.6. The van der Waals surface area contributed by atoms with Gasteiger partial charge in [0.2, 0.25) is 11.8 Å². The first-order chi connectivity index (χ1) is 16.8. The van der Waals surface area contributed by atoms with Crippen molar-refractivity contribution >= 4 is 23.9 Å². The van der Waals surface area contributed by atoms with E-state index < -0.39 is 43.0 Å². The highest BCUT2D eigenvalue weighted by molar-refractivity contribution is 5.90. The van der Waals surface area contributed by atoms with Crippen LogP contribution in [0.25, 0.3) is 11.1 Å². The van der Waals surface area contributed by atoms with E-state index >= 15 is 0 Å². The van der Waals surface area contributed by atoms with Crippen molar-refractivity contribution in [2.45, 2.75) is 38.6 Å². The summed E-state index contributed by atoms with van der Waals surface area (Å²) in [6, 6.07) is 15.1. The normalized spacial score (nSPS) is 12.9. The SMILES string of the molecule is CC(C)CCC(NC(=O)OCC1c2ccccc2-c2ccccc21)C(=O)NCC(=O)NCC(=O)O. The van der Waals surface area contributed by atoms with E-state index in [1.54, 1.807) is 0 Å². The van der Waals surface area contributed by atoms with Crippen LogP contribution in [0.15, 0.2) is 48.5 Å². The van der Waals surface area contributed by atoms with E-state index in [9.17, 15) is 19.2 Å². The van der Waals surface area contributed by atoms with Crippen molar-refractivity contribution in [2.24, 2.45) is 5.92 Å². The first kappa shape index (κ1) is 25.7. The zero-order chi connectivity index (χ0) is 25.4. The van der Waals surface area contributed by atoms with Crippen molar-refractivity contribution in [3.05, 3.63) is 59.7 Å². The molecule has 0 heterocycles. The summed E-state index contributed by atoms with van der Waals surface area (Å²) in [6.45, 7) is 3.19. The van der Waals surface area contributed by atoms with Gasteiger partial charge in [0.25, 0.3) is 0 Å². The molecule has 186 valence electrons. The van der Waals surface area contributed by atoms with Gasteiger partial charge in [-0.3, -0.25) is 14.4 Å². The van der Waals surface area contributed by atoms with E-state index in [1.165, 1.54) is 0 Å². The third-order valence-corrected chi connectivity index (χ3v) is 5.84. The van der Waals surface area contributed by atoms with Gasteiger partial charge in [-0.25, -0.2) is 4.79 Å². The number of aliphatic carboxylic acids is 1. The van der Waals surface area contributed by atoms with Crippen LogP contribution in [0.1, 0.15) is 43.7 Å². The number of carbonyl (C=O) groups excluding carboxylic acids is 3. The molecule has 1 aliphatic rings. The largest absolute Gasteiger partial charge is 0.480 e. The molecule has 3 rings (SSSR count). The van der Waals surface area contributed by atoms with Crippen LogP contribution in [0.3, 0.4) is 0 Å². The molecule has 1 aliphatic carbocycles. The Morgan fingerprint density at radius 2 is 1.49 bits per heavy atom. The lowest BCUT2D eigenvalue weighted by Crippen LogP contribution is -2.49. The predicted molar refractivity (Wildman–Crippen MR) is 130 cm³/mol. The van der Waals surface area contributed by atoms with Crippen molar-refractivity contribution < 1.29 is 29.0 Å². The number of hydrogen-bond donors (Lipinski definition) is 4. The molecule has 0 aromatic heterocycles. The van der Waals surface area contributed by atoms with Gasteiger partial charge in [-0.2, -0.15) is 0 Å². The fourth-order valence-electron chi connectivity index (χ4n) is 4.08. The second-order valence-electron chi connectivity index (χ2n) is 8.88. The Kier molecular flexibility index (Phi) is 8.83. The Morgan fingerprint density at radius 1 is 0.886 bits per heavy atom. The number of rotatable bonds is 11. The van der Waals surface area contributed by atoms with Crippen LogP contribution in [-0.2, 0) is 19.1 Å². The van der Waals surface area contributed by atoms with Crippen molar-refractivity contribution in [1.29, 1.82) is 0 Å². The van der Waals surface area contributed by atoms with E-state index in [1.807, 2.05) is 62.4 Å². The fourth-order valence-corrected chi connectivity index (χ4v) is 4.08. The van der Waals surface area contributed by atoms with Crippen molar-refractivity contribution in [2.75, 3.05) is 19.7 Å². The van der Waals surface area contributed by atoms with Crippen molar-refractivity contribution in [3.8, 4) is 11.1 Å². The average molecular weight is 482 g/mol. The van der Waals surface area contributed by atoms with Crippen LogP contribution in [0.5, 0.6) is 0 Å². The van der Waals surface area contributed by atoms with Crippen LogP contribution in [0.2, 0.25) is 0 Å². The Bertz CT molecular complexity index is 1040. The summed E-state index contributed by atoms with van der Waals surface area (Å²) in [5, 5.41) is 15.9. The third kappa shape index (κ3) is 7.05. The van der Waals surface area contributed by atoms with Crippen LogP contribution in [-0.4, -0.2) is 54.7 Å². The molecule has 0 fully saturated rings. The minimum atomic E-state index is -1.18. The zero-order valence-corrected chi connectivity index (χ0v) is 19.9. The predicted octanol–water partition coefficient (Wildman–Crippen LogP) is 2.65. The molecule has 3 amide bonds. The first-order valence-corrected chi connectivity index (χ1v) is 11.6. The Labute approximate surface area is 204 Å². The topological polar surface area (TPSA) is 134 Å². The Morgan fingerprint density at radius 3 is 2.06 bits per heavy atom. The second kappa shape index (κ2) is 12.0. The molecule has 35 heavy (non-hydrogen) atoms. The maximum absolute atomic E-state index is 12.6. The summed E-state index contributed by atoms with van der Waals surface area (Å²) >= 11 is 0. The standard InChI is InChI=1S/C26H31N3O6/c1-16(2)11-12-22(25(33)28-13-23(30)27-14-24(31)32)29-26(34)35-15-21-19-9-5-3-7-17(19)18-8-4-6-10-20(18)21/h3-10,16,21-22H,11-15H2,1-2H3,(H,27,30)(H,28,33)(H,29,34)(H,31,32). The van der Waals surface area contributed by atoms with Crippen LogP contribution < -0.4 is 16.0 Å². The number of ether oxygens (including phenoxy) is 1. The summed E-state index contributed by atoms with van der Waals surface area (Å²) in [7, 11) is 0. The minimum absolute atomic E-state index is 0.103. The number of carboxylic acids is 1. The van der Waals surface area contributed by atoms with Crippen molar-refractivity contribution in [1.82, 2.24) is 16.0 Å². The molecular weight excluding hydrogens is 450 g/mol. The molecule has 9 nitrogen and oxygen atoms in total. The first-order valence-electron chi connectivity index (χ1n) is 11.6. The maximum Gasteiger partial charge on any atom is 0.407 e. The molecular formula is C26H31N3O6. The lowest BCUT2D eigenvalue weighted by molar-refractivity contribution is -0.137. The van der Waals surface area contributed by atoms with E-state index in [0.29, 0.717) is 18.8 Å². The molecule has 0 saturated carbocycles. The minimum Gasteiger partial charge on any atom is -0.480 e. The number of carbonyl (C=O) groups is 4. The molecule has 1 unspecified atom stereocenters. The van der Waals surface area contributed by atoms with E-state index in [2.05, 4.69) is 16.0 Å². The highest BCUT2D eigenvalue weighted by Gasteiger charge is 2.30. The smallest absolute Gasteiger partial charge is 0.407 e. The molecule has 0 spiro atoms. The number of amides is 3. The van der Waals surface area contributed by atoms with Gasteiger partial charge < -0.3 is 25.8 Å². The molecule has 4 N–H and O–H groups in total. The quantitative estimate of drug-likeness (QED) is 0.390. The van der Waals surface area contributed by atoms with Gasteiger partial charge in [0.05, 0.1) is 6.54 Å². The third-order valence-electron chi connectivity index (χ3n) is 5.84. The summed E-state index contributed by atoms with van der Waals surface area (Å²) in [5.74, 6) is -2.16. The second-order valence-corrected chi connectivity index (χ2v) is 8.88. The lowest BCUT2D eigenvalue weighted by atomic mass is 9.98. The van der Waals surface area contributed by atoms with E-state index in [0.717, 1.165) is 22.3 Å². The highest BCUT2D eigenvalue weighted by atomic mass is 16.5. The lowest BCUT2D eigenvalue weighted by Gasteiger charge is -2.20. The number of fused-ring (bicyclic) bond motifs is 3. The van der Waals surface area contributed by atoms with Gasteiger partial charge in [0.15, 0.2) is 0 Å². The van der Waals surface area contributed by atoms with Crippen LogP contribution >= 0.6 is 0 Å². The molecule has 9 heteroatoms. The Hall–Kier alpha value is -3.88. The molecule has 0 bridgehead atoms. The average Bonchev–Trinajstić information content (AvgIpc) is 3.16. The van der Waals surface area contributed by atoms with Gasteiger partial charge in [0.1, 0.15) is 19.2 Å². The van der Waals surface area contributed by atoms with E-state index in [-0.39, 0.29) is 12.5 Å². The van der Waals surface area contributed by atoms with Crippen LogP contribution in [0, 0.1) is 5.92 Å². The van der Waals surface area contributed by atoms with Crippen molar-refractivity contribution in [3.63, 3.8) is 0 Å². The summed E-state index contributed by atoms with van der Waals surface area (Å²) in [4.78, 5) is 47.5. The summed E-state index contributed by atoms with van der Waals surface area (Å²) < 4.78 is 5.54. The molecule has 2 aromatic carbocycles. The van der Waals surface area contributed by atoms with Crippen LogP contribution in [0.4, 0.5) is 4.79 Å².